The van der Waals surface area contributed by atoms with Crippen LogP contribution in [0.1, 0.15) is 223 Å². The highest BCUT2D eigenvalue weighted by molar-refractivity contribution is 5.50. The molecule has 0 aromatic carbocycles. The van der Waals surface area contributed by atoms with E-state index in [4.69, 9.17) is 66.3 Å². The largest absolute Gasteiger partial charge is 0.396 e. The molecular weight excluding hydrogens is 1260 g/mol. The summed E-state index contributed by atoms with van der Waals surface area (Å²) in [5, 5.41) is 9.90. The molecule has 16 aliphatic heterocycles. The molecule has 1 N–H and O–H groups in total. The smallest absolute Gasteiger partial charge is 0.172 e. The lowest BCUT2D eigenvalue weighted by molar-refractivity contribution is -0.263. The fourth-order valence-electron chi connectivity index (χ4n) is 21.1. The SMILES string of the molecule is C=CC[C@@H]1O[C@@H]2[C@H]3O[C@@H]4C[C@@](CC[C@H]5CC(=C)C(CC[C@H]6C[C@@H](C)C(=C)[C@@H](CC7O[C@H](C[C@H](C)CC)[C@H](C)[C@H]7CC=O)O6)O5)(O[C@H]24)O[C@H]3[C@H]1C.C=CC[C@@H]1O[C@@H]2[C@H]3O[C@@H]4C[C@@](CC[C@H]5CC(=C)C(CC[C@H]6C[C@@H](C)C(=C)[C@@H](CC7O[C@H](C[C@H](C)CC)[C@H](C)[C@H]7CCO)O6)O5)(O[C@H]24)O[C@H]3[C@H]1C. The average Bonchev–Trinajstić information content (AvgIpc) is 1.56. The molecule has 12 bridgehead atoms. The van der Waals surface area contributed by atoms with Crippen LogP contribution in [0.15, 0.2) is 73.9 Å². The number of ether oxygens (including phenoxy) is 14. The molecule has 16 fully saturated rings. The van der Waals surface area contributed by atoms with E-state index in [1.807, 2.05) is 12.2 Å². The highest BCUT2D eigenvalue weighted by Gasteiger charge is 2.69. The van der Waals surface area contributed by atoms with Crippen molar-refractivity contribution in [3.05, 3.63) is 73.9 Å². The lowest BCUT2D eigenvalue weighted by Gasteiger charge is -2.42. The average molecular weight is 1400 g/mol. The Morgan fingerprint density at radius 2 is 0.860 bits per heavy atom. The van der Waals surface area contributed by atoms with Gasteiger partial charge in [0.15, 0.2) is 11.6 Å². The molecule has 16 nitrogen and oxygen atoms in total. The van der Waals surface area contributed by atoms with Crippen LogP contribution in [0.3, 0.4) is 0 Å². The van der Waals surface area contributed by atoms with Crippen LogP contribution in [0.5, 0.6) is 0 Å². The Kier molecular flexibility index (Phi) is 24.3. The maximum absolute atomic E-state index is 11.7. The van der Waals surface area contributed by atoms with E-state index in [0.29, 0.717) is 47.8 Å². The molecule has 16 heteroatoms. The van der Waals surface area contributed by atoms with Gasteiger partial charge in [-0.1, -0.05) is 121 Å². The Bertz CT molecular complexity index is 2850. The van der Waals surface area contributed by atoms with Crippen LogP contribution >= 0.6 is 0 Å². The summed E-state index contributed by atoms with van der Waals surface area (Å²) in [5.74, 6) is 2.54. The molecule has 100 heavy (non-hydrogen) atoms. The van der Waals surface area contributed by atoms with Gasteiger partial charge in [0.25, 0.3) is 0 Å². The summed E-state index contributed by atoms with van der Waals surface area (Å²) in [5.41, 5.74) is 4.72. The van der Waals surface area contributed by atoms with Gasteiger partial charge in [-0.25, -0.2) is 0 Å². The number of hydrogen-bond acceptors (Lipinski definition) is 16. The molecule has 36 atom stereocenters. The number of hydrogen-bond donors (Lipinski definition) is 1. The van der Waals surface area contributed by atoms with E-state index in [9.17, 15) is 9.90 Å². The second kappa shape index (κ2) is 32.1. The summed E-state index contributed by atoms with van der Waals surface area (Å²) >= 11 is 0. The molecule has 16 rings (SSSR count). The topological polar surface area (TPSA) is 167 Å². The molecule has 0 radical (unpaired) electrons. The first-order valence-corrected chi connectivity index (χ1v) is 40.3. The molecule has 0 aromatic rings. The molecule has 16 saturated heterocycles. The molecule has 0 aliphatic carbocycles. The van der Waals surface area contributed by atoms with Gasteiger partial charge in [0.05, 0.1) is 110 Å². The third-order valence-electron chi connectivity index (χ3n) is 27.8. The summed E-state index contributed by atoms with van der Waals surface area (Å²) in [6.45, 7) is 48.6. The van der Waals surface area contributed by atoms with E-state index in [1.54, 1.807) is 0 Å². The zero-order valence-corrected chi connectivity index (χ0v) is 62.9. The third kappa shape index (κ3) is 15.6. The number of carbonyl (C=O) groups is 1. The fraction of sp³-hybridized carbons (Fsp3) is 0.845. The minimum absolute atomic E-state index is 0.0197. The first kappa shape index (κ1) is 75.7. The first-order valence-electron chi connectivity index (χ1n) is 40.3. The van der Waals surface area contributed by atoms with Gasteiger partial charge in [-0.2, -0.15) is 0 Å². The predicted molar refractivity (Wildman–Crippen MR) is 384 cm³/mol. The van der Waals surface area contributed by atoms with Crippen molar-refractivity contribution in [3.8, 4) is 0 Å². The standard InChI is InChI=1S/C42H66O8.C42H64O8/c2*1-9-11-33-28(8)38-40-41(47-33)39-37(48-40)22-42(49-38,50-39)16-14-30-20-25(5)32(44-30)13-12-29-19-24(4)26(6)35(45-29)21-36-31(15-17-43)27(7)34(46-36)18-23(3)10-2/h9,23-24,27-41,43H,1,5-6,10-22H2,2-4,7-8H3;9,17,23-24,27-41H,1,5-6,10-16,18-22H2,2-4,7-8H3/t2*23-,24-,27-,28+,29+,30+,31-,32?,33+,34-,35-,36?,37-,38+,39+,40+,41+,42-/m11/s1. The van der Waals surface area contributed by atoms with Crippen molar-refractivity contribution in [2.45, 2.75) is 381 Å². The van der Waals surface area contributed by atoms with Gasteiger partial charge in [-0.05, 0) is 166 Å². The number of rotatable bonds is 30. The van der Waals surface area contributed by atoms with Crippen molar-refractivity contribution < 1.29 is 76.2 Å². The van der Waals surface area contributed by atoms with Gasteiger partial charge in [-0.15, -0.1) is 13.2 Å². The fourth-order valence-corrected chi connectivity index (χ4v) is 21.1. The van der Waals surface area contributed by atoms with E-state index < -0.39 is 11.6 Å². The van der Waals surface area contributed by atoms with Gasteiger partial charge in [-0.3, -0.25) is 0 Å². The van der Waals surface area contributed by atoms with Gasteiger partial charge in [0, 0.05) is 63.4 Å². The quantitative estimate of drug-likeness (QED) is 0.0532. The normalized spacial score (nSPS) is 48.7. The van der Waals surface area contributed by atoms with Crippen LogP contribution in [-0.4, -0.2) is 176 Å². The molecule has 562 valence electrons. The molecule has 0 saturated carbocycles. The van der Waals surface area contributed by atoms with E-state index in [0.717, 1.165) is 160 Å². The molecule has 16 heterocycles. The lowest BCUT2D eigenvalue weighted by atomic mass is 9.79. The van der Waals surface area contributed by atoms with Gasteiger partial charge in [0.2, 0.25) is 0 Å². The molecular formula is C84H130O16. The Balaban J connectivity index is 0.000000179. The molecule has 16 aliphatic rings. The van der Waals surface area contributed by atoms with Crippen LogP contribution < -0.4 is 0 Å². The third-order valence-corrected chi connectivity index (χ3v) is 27.8. The van der Waals surface area contributed by atoms with E-state index in [2.05, 4.69) is 109 Å². The highest BCUT2D eigenvalue weighted by atomic mass is 16.8. The monoisotopic (exact) mass is 1390 g/mol. The van der Waals surface area contributed by atoms with Crippen molar-refractivity contribution in [2.24, 2.45) is 59.2 Å². The molecule has 0 spiro atoms. The van der Waals surface area contributed by atoms with Crippen LogP contribution in [0.2, 0.25) is 0 Å². The second-order valence-electron chi connectivity index (χ2n) is 34.6. The minimum Gasteiger partial charge on any atom is -0.396 e. The Hall–Kier alpha value is -2.49. The second-order valence-corrected chi connectivity index (χ2v) is 34.6. The summed E-state index contributed by atoms with van der Waals surface area (Å²) in [6, 6.07) is 0. The summed E-state index contributed by atoms with van der Waals surface area (Å²) < 4.78 is 93.6. The summed E-state index contributed by atoms with van der Waals surface area (Å²) in [7, 11) is 0. The van der Waals surface area contributed by atoms with Crippen molar-refractivity contribution in [1.29, 1.82) is 0 Å². The summed E-state index contributed by atoms with van der Waals surface area (Å²) in [4.78, 5) is 11.7. The minimum atomic E-state index is -0.643. The van der Waals surface area contributed by atoms with Gasteiger partial charge in [0.1, 0.15) is 42.9 Å². The van der Waals surface area contributed by atoms with Crippen molar-refractivity contribution in [1.82, 2.24) is 0 Å². The van der Waals surface area contributed by atoms with Crippen molar-refractivity contribution >= 4 is 6.29 Å². The number of aliphatic hydroxyl groups is 1. The maximum Gasteiger partial charge on any atom is 0.172 e. The van der Waals surface area contributed by atoms with E-state index >= 15 is 0 Å². The molecule has 0 aromatic heterocycles. The summed E-state index contributed by atoms with van der Waals surface area (Å²) in [6.07, 6.45) is 27.0. The number of aliphatic hydroxyl groups excluding tert-OH is 1. The van der Waals surface area contributed by atoms with Crippen molar-refractivity contribution in [2.75, 3.05) is 6.61 Å². The lowest BCUT2D eigenvalue weighted by Crippen LogP contribution is -2.54. The Morgan fingerprint density at radius 1 is 0.450 bits per heavy atom. The number of carbonyl (C=O) groups excluding carboxylic acids is 1. The van der Waals surface area contributed by atoms with Crippen LogP contribution in [0.4, 0.5) is 0 Å². The maximum atomic E-state index is 11.7. The van der Waals surface area contributed by atoms with Crippen LogP contribution in [-0.2, 0) is 71.1 Å². The van der Waals surface area contributed by atoms with Gasteiger partial charge >= 0.3 is 0 Å². The zero-order chi connectivity index (χ0) is 70.6. The van der Waals surface area contributed by atoms with Crippen LogP contribution in [0, 0.1) is 59.2 Å². The Morgan fingerprint density at radius 3 is 1.28 bits per heavy atom. The van der Waals surface area contributed by atoms with E-state index in [-0.39, 0.29) is 171 Å². The van der Waals surface area contributed by atoms with Gasteiger partial charge < -0.3 is 76.2 Å². The Labute approximate surface area is 600 Å². The first-order chi connectivity index (χ1) is 48.0. The van der Waals surface area contributed by atoms with E-state index in [1.165, 1.54) is 16.7 Å². The van der Waals surface area contributed by atoms with Crippen molar-refractivity contribution in [3.63, 3.8) is 0 Å². The zero-order valence-electron chi connectivity index (χ0n) is 62.9. The molecule has 4 unspecified atom stereocenters. The number of aldehydes is 1. The predicted octanol–water partition coefficient (Wildman–Crippen LogP) is 15.1. The van der Waals surface area contributed by atoms with Crippen LogP contribution in [0.25, 0.3) is 0 Å². The highest BCUT2D eigenvalue weighted by Crippen LogP contribution is 2.57. The molecule has 0 amide bonds.